The molecule has 0 bridgehead atoms. The fraction of sp³-hybridized carbons (Fsp3) is 0.400. The lowest BCUT2D eigenvalue weighted by Gasteiger charge is -2.13. The predicted molar refractivity (Wildman–Crippen MR) is 98.4 cm³/mol. The zero-order valence-electron chi connectivity index (χ0n) is 15.0. The molecule has 1 aromatic heterocycles. The van der Waals surface area contributed by atoms with E-state index in [1.807, 2.05) is 39.0 Å². The topological polar surface area (TPSA) is 71.5 Å². The standard InChI is InChI=1S/C20H26N2O3/c1-14(2)12-25-13-19(23)11-22-20(24)18-8-17(9-21-10-18)16-6-4-5-15(3)7-16/h4-10,14,19,23H,11-13H2,1-3H3,(H,22,24). The first kappa shape index (κ1) is 19.1. The highest BCUT2D eigenvalue weighted by molar-refractivity contribution is 5.95. The van der Waals surface area contributed by atoms with Crippen LogP contribution in [0.3, 0.4) is 0 Å². The summed E-state index contributed by atoms with van der Waals surface area (Å²) in [6.07, 6.45) is 2.53. The first-order chi connectivity index (χ1) is 12.0. The van der Waals surface area contributed by atoms with E-state index in [2.05, 4.69) is 16.4 Å². The molecule has 0 saturated carbocycles. The van der Waals surface area contributed by atoms with Crippen LogP contribution in [0.5, 0.6) is 0 Å². The maximum atomic E-state index is 12.3. The summed E-state index contributed by atoms with van der Waals surface area (Å²) in [6.45, 7) is 7.06. The lowest BCUT2D eigenvalue weighted by atomic mass is 10.0. The van der Waals surface area contributed by atoms with Gasteiger partial charge < -0.3 is 15.2 Å². The highest BCUT2D eigenvalue weighted by Gasteiger charge is 2.11. The van der Waals surface area contributed by atoms with Crippen LogP contribution in [0.1, 0.15) is 29.8 Å². The summed E-state index contributed by atoms with van der Waals surface area (Å²) in [6, 6.07) is 9.84. The Balaban J connectivity index is 1.93. The molecule has 0 radical (unpaired) electrons. The summed E-state index contributed by atoms with van der Waals surface area (Å²) in [5.74, 6) is 0.155. The van der Waals surface area contributed by atoms with Gasteiger partial charge in [0.25, 0.3) is 5.91 Å². The zero-order chi connectivity index (χ0) is 18.2. The summed E-state index contributed by atoms with van der Waals surface area (Å²) in [5, 5.41) is 12.6. The number of aromatic nitrogens is 1. The van der Waals surface area contributed by atoms with E-state index < -0.39 is 6.10 Å². The Bertz CT molecular complexity index is 701. The third kappa shape index (κ3) is 6.29. The second-order valence-electron chi connectivity index (χ2n) is 6.63. The van der Waals surface area contributed by atoms with Crippen LogP contribution in [0.4, 0.5) is 0 Å². The van der Waals surface area contributed by atoms with E-state index in [1.165, 1.54) is 6.20 Å². The van der Waals surface area contributed by atoms with E-state index >= 15 is 0 Å². The number of nitrogens with one attached hydrogen (secondary N) is 1. The number of aryl methyl sites for hydroxylation is 1. The number of aliphatic hydroxyl groups is 1. The number of carbonyl (C=O) groups excluding carboxylic acids is 1. The lowest BCUT2D eigenvalue weighted by molar-refractivity contribution is 0.0259. The molecule has 1 atom stereocenters. The monoisotopic (exact) mass is 342 g/mol. The van der Waals surface area contributed by atoms with Crippen LogP contribution in [0.2, 0.25) is 0 Å². The summed E-state index contributed by atoms with van der Waals surface area (Å²) in [7, 11) is 0. The smallest absolute Gasteiger partial charge is 0.252 e. The van der Waals surface area contributed by atoms with E-state index in [4.69, 9.17) is 4.74 Å². The highest BCUT2D eigenvalue weighted by Crippen LogP contribution is 2.20. The summed E-state index contributed by atoms with van der Waals surface area (Å²) >= 11 is 0. The van der Waals surface area contributed by atoms with E-state index in [0.29, 0.717) is 18.1 Å². The number of hydrogen-bond acceptors (Lipinski definition) is 4. The number of hydrogen-bond donors (Lipinski definition) is 2. The van der Waals surface area contributed by atoms with Crippen LogP contribution in [0.15, 0.2) is 42.7 Å². The van der Waals surface area contributed by atoms with Gasteiger partial charge in [-0.15, -0.1) is 0 Å². The number of rotatable bonds is 8. The van der Waals surface area contributed by atoms with Gasteiger partial charge in [0.1, 0.15) is 0 Å². The van der Waals surface area contributed by atoms with Gasteiger partial charge in [0.05, 0.1) is 18.3 Å². The van der Waals surface area contributed by atoms with Gasteiger partial charge in [-0.05, 0) is 24.5 Å². The van der Waals surface area contributed by atoms with Gasteiger partial charge in [0.2, 0.25) is 0 Å². The lowest BCUT2D eigenvalue weighted by Crippen LogP contribution is -2.34. The molecular weight excluding hydrogens is 316 g/mol. The van der Waals surface area contributed by atoms with Crippen molar-refractivity contribution in [3.63, 3.8) is 0 Å². The molecule has 0 saturated heterocycles. The van der Waals surface area contributed by atoms with Crippen molar-refractivity contribution in [1.82, 2.24) is 10.3 Å². The maximum absolute atomic E-state index is 12.3. The fourth-order valence-corrected chi connectivity index (χ4v) is 2.36. The number of nitrogens with zero attached hydrogens (tertiary/aromatic N) is 1. The Labute approximate surface area is 149 Å². The normalized spacial score (nSPS) is 12.2. The largest absolute Gasteiger partial charge is 0.389 e. The molecule has 2 N–H and O–H groups in total. The van der Waals surface area contributed by atoms with Gasteiger partial charge in [-0.2, -0.15) is 0 Å². The average Bonchev–Trinajstić information content (AvgIpc) is 2.59. The van der Waals surface area contributed by atoms with Crippen molar-refractivity contribution in [1.29, 1.82) is 0 Å². The van der Waals surface area contributed by atoms with Gasteiger partial charge in [0, 0.05) is 31.1 Å². The number of benzene rings is 1. The first-order valence-electron chi connectivity index (χ1n) is 8.52. The molecule has 134 valence electrons. The fourth-order valence-electron chi connectivity index (χ4n) is 2.36. The van der Waals surface area contributed by atoms with E-state index in [0.717, 1.165) is 16.7 Å². The number of pyridine rings is 1. The molecule has 5 nitrogen and oxygen atoms in total. The van der Waals surface area contributed by atoms with Gasteiger partial charge in [-0.3, -0.25) is 9.78 Å². The van der Waals surface area contributed by atoms with Gasteiger partial charge in [-0.1, -0.05) is 43.7 Å². The summed E-state index contributed by atoms with van der Waals surface area (Å²) in [5.41, 5.74) is 3.52. The number of carbonyl (C=O) groups is 1. The third-order valence-corrected chi connectivity index (χ3v) is 3.61. The molecule has 2 rings (SSSR count). The van der Waals surface area contributed by atoms with Crippen molar-refractivity contribution in [2.24, 2.45) is 5.92 Å². The Hall–Kier alpha value is -2.24. The van der Waals surface area contributed by atoms with Crippen LogP contribution in [-0.4, -0.2) is 41.9 Å². The molecule has 2 aromatic rings. The van der Waals surface area contributed by atoms with Gasteiger partial charge >= 0.3 is 0 Å². The minimum Gasteiger partial charge on any atom is -0.389 e. The summed E-state index contributed by atoms with van der Waals surface area (Å²) < 4.78 is 5.37. The maximum Gasteiger partial charge on any atom is 0.252 e. The Kier molecular flexibility index (Phi) is 7.10. The molecular formula is C20H26N2O3. The molecule has 1 unspecified atom stereocenters. The van der Waals surface area contributed by atoms with Gasteiger partial charge in [-0.25, -0.2) is 0 Å². The average molecular weight is 342 g/mol. The molecule has 0 spiro atoms. The van der Waals surface area contributed by atoms with Crippen LogP contribution < -0.4 is 5.32 Å². The second-order valence-corrected chi connectivity index (χ2v) is 6.63. The molecule has 1 aromatic carbocycles. The predicted octanol–water partition coefficient (Wildman–Crippen LogP) is 2.82. The molecule has 5 heteroatoms. The molecule has 0 fully saturated rings. The van der Waals surface area contributed by atoms with Crippen LogP contribution >= 0.6 is 0 Å². The van der Waals surface area contributed by atoms with Crippen molar-refractivity contribution in [3.8, 4) is 11.1 Å². The molecule has 0 aliphatic heterocycles. The minimum absolute atomic E-state index is 0.144. The second kappa shape index (κ2) is 9.30. The molecule has 0 aliphatic carbocycles. The third-order valence-electron chi connectivity index (χ3n) is 3.61. The van der Waals surface area contributed by atoms with Crippen LogP contribution in [-0.2, 0) is 4.74 Å². The molecule has 1 amide bonds. The van der Waals surface area contributed by atoms with Crippen LogP contribution in [0.25, 0.3) is 11.1 Å². The number of amides is 1. The van der Waals surface area contributed by atoms with Gasteiger partial charge in [0.15, 0.2) is 0 Å². The van der Waals surface area contributed by atoms with Crippen LogP contribution in [0, 0.1) is 12.8 Å². The van der Waals surface area contributed by atoms with E-state index in [1.54, 1.807) is 12.3 Å². The van der Waals surface area contributed by atoms with Crippen molar-refractivity contribution in [2.75, 3.05) is 19.8 Å². The van der Waals surface area contributed by atoms with Crippen molar-refractivity contribution < 1.29 is 14.6 Å². The Morgan fingerprint density at radius 3 is 2.72 bits per heavy atom. The quantitative estimate of drug-likeness (QED) is 0.774. The SMILES string of the molecule is Cc1cccc(-c2cncc(C(=O)NCC(O)COCC(C)C)c2)c1. The first-order valence-corrected chi connectivity index (χ1v) is 8.52. The van der Waals surface area contributed by atoms with Crippen molar-refractivity contribution >= 4 is 5.91 Å². The summed E-state index contributed by atoms with van der Waals surface area (Å²) in [4.78, 5) is 16.4. The number of aliphatic hydroxyl groups excluding tert-OH is 1. The van der Waals surface area contributed by atoms with E-state index in [-0.39, 0.29) is 19.1 Å². The number of ether oxygens (including phenoxy) is 1. The van der Waals surface area contributed by atoms with Crippen molar-refractivity contribution in [3.05, 3.63) is 53.9 Å². The minimum atomic E-state index is -0.726. The van der Waals surface area contributed by atoms with E-state index in [9.17, 15) is 9.90 Å². The Morgan fingerprint density at radius 1 is 1.20 bits per heavy atom. The Morgan fingerprint density at radius 2 is 2.00 bits per heavy atom. The zero-order valence-corrected chi connectivity index (χ0v) is 15.0. The molecule has 1 heterocycles. The molecule has 25 heavy (non-hydrogen) atoms. The highest BCUT2D eigenvalue weighted by atomic mass is 16.5. The molecule has 0 aliphatic rings. The van der Waals surface area contributed by atoms with Crippen molar-refractivity contribution in [2.45, 2.75) is 26.9 Å².